The predicted octanol–water partition coefficient (Wildman–Crippen LogP) is 4.30. The molecule has 0 bridgehead atoms. The maximum atomic E-state index is 6.32. The molecule has 0 unspecified atom stereocenters. The largest absolute Gasteiger partial charge is 0.389 e. The van der Waals surface area contributed by atoms with Crippen molar-refractivity contribution in [1.82, 2.24) is 0 Å². The lowest BCUT2D eigenvalue weighted by molar-refractivity contribution is 1.13. The predicted molar refractivity (Wildman–Crippen MR) is 91.2 cm³/mol. The molecule has 0 heterocycles. The Morgan fingerprint density at radius 3 is 2.35 bits per heavy atom. The fourth-order valence-electron chi connectivity index (χ4n) is 2.03. The van der Waals surface area contributed by atoms with Crippen LogP contribution >= 0.6 is 23.8 Å². The Hall–Kier alpha value is -1.58. The third kappa shape index (κ3) is 3.11. The van der Waals surface area contributed by atoms with E-state index < -0.39 is 0 Å². The molecule has 2 N–H and O–H groups in total. The molecule has 2 aromatic rings. The minimum absolute atomic E-state index is 0.355. The van der Waals surface area contributed by atoms with Crippen molar-refractivity contribution in [3.05, 3.63) is 58.6 Å². The molecule has 2 nitrogen and oxygen atoms in total. The second-order valence-corrected chi connectivity index (χ2v) is 5.46. The molecular formula is C16H17ClN2S. The van der Waals surface area contributed by atoms with Crippen LogP contribution in [0.2, 0.25) is 5.02 Å². The highest BCUT2D eigenvalue weighted by Crippen LogP contribution is 2.31. The van der Waals surface area contributed by atoms with Gasteiger partial charge in [0.15, 0.2) is 0 Å². The van der Waals surface area contributed by atoms with E-state index in [0.717, 1.165) is 23.4 Å². The molecule has 0 aliphatic heterocycles. The van der Waals surface area contributed by atoms with E-state index in [1.165, 1.54) is 5.56 Å². The molecule has 0 saturated heterocycles. The first-order valence-corrected chi connectivity index (χ1v) is 7.23. The summed E-state index contributed by atoms with van der Waals surface area (Å²) in [5.41, 5.74) is 9.73. The SMILES string of the molecule is CCc1ccc(N(C)c2ccc(C(N)=S)cc2Cl)cc1. The Balaban J connectivity index is 2.32. The van der Waals surface area contributed by atoms with Gasteiger partial charge in [0.2, 0.25) is 0 Å². The summed E-state index contributed by atoms with van der Waals surface area (Å²) in [5.74, 6) is 0. The zero-order chi connectivity index (χ0) is 14.7. The highest BCUT2D eigenvalue weighted by molar-refractivity contribution is 7.80. The van der Waals surface area contributed by atoms with Gasteiger partial charge in [0.1, 0.15) is 4.99 Å². The summed E-state index contributed by atoms with van der Waals surface area (Å²) in [6, 6.07) is 14.1. The van der Waals surface area contributed by atoms with E-state index in [4.69, 9.17) is 29.6 Å². The summed E-state index contributed by atoms with van der Waals surface area (Å²) in [5, 5.41) is 0.636. The molecule has 20 heavy (non-hydrogen) atoms. The number of rotatable bonds is 4. The van der Waals surface area contributed by atoms with Gasteiger partial charge in [0.25, 0.3) is 0 Å². The van der Waals surface area contributed by atoms with Crippen LogP contribution in [0.3, 0.4) is 0 Å². The quantitative estimate of drug-likeness (QED) is 0.854. The lowest BCUT2D eigenvalue weighted by Crippen LogP contribution is -2.12. The van der Waals surface area contributed by atoms with Crippen LogP contribution in [-0.4, -0.2) is 12.0 Å². The van der Waals surface area contributed by atoms with Gasteiger partial charge >= 0.3 is 0 Å². The van der Waals surface area contributed by atoms with Crippen molar-refractivity contribution in [2.45, 2.75) is 13.3 Å². The van der Waals surface area contributed by atoms with Gasteiger partial charge in [0, 0.05) is 18.3 Å². The topological polar surface area (TPSA) is 29.3 Å². The van der Waals surface area contributed by atoms with Crippen molar-refractivity contribution in [3.63, 3.8) is 0 Å². The van der Waals surface area contributed by atoms with Gasteiger partial charge in [-0.1, -0.05) is 42.9 Å². The highest BCUT2D eigenvalue weighted by atomic mass is 35.5. The van der Waals surface area contributed by atoms with Crippen LogP contribution in [0.15, 0.2) is 42.5 Å². The molecule has 0 aromatic heterocycles. The van der Waals surface area contributed by atoms with Crippen LogP contribution in [-0.2, 0) is 6.42 Å². The first-order chi connectivity index (χ1) is 9.52. The fraction of sp³-hybridized carbons (Fsp3) is 0.188. The Bertz CT molecular complexity index is 623. The summed E-state index contributed by atoms with van der Waals surface area (Å²) in [4.78, 5) is 2.40. The number of thiocarbonyl (C=S) groups is 1. The molecule has 0 radical (unpaired) electrons. The molecule has 104 valence electrons. The number of nitrogens with two attached hydrogens (primary N) is 1. The summed E-state index contributed by atoms with van der Waals surface area (Å²) in [6.45, 7) is 2.14. The molecule has 2 aromatic carbocycles. The second kappa shape index (κ2) is 6.25. The Morgan fingerprint density at radius 2 is 1.85 bits per heavy atom. The molecule has 0 amide bonds. The molecule has 0 fully saturated rings. The van der Waals surface area contributed by atoms with Gasteiger partial charge in [-0.05, 0) is 42.3 Å². The summed E-state index contributed by atoms with van der Waals surface area (Å²) in [6.07, 6.45) is 1.04. The molecule has 0 spiro atoms. The highest BCUT2D eigenvalue weighted by Gasteiger charge is 2.09. The smallest absolute Gasteiger partial charge is 0.104 e. The van der Waals surface area contributed by atoms with E-state index >= 15 is 0 Å². The van der Waals surface area contributed by atoms with E-state index in [1.54, 1.807) is 6.07 Å². The Kier molecular flexibility index (Phi) is 4.63. The van der Waals surface area contributed by atoms with Gasteiger partial charge < -0.3 is 10.6 Å². The van der Waals surface area contributed by atoms with Crippen LogP contribution in [0, 0.1) is 0 Å². The first kappa shape index (κ1) is 14.8. The van der Waals surface area contributed by atoms with Crippen molar-refractivity contribution < 1.29 is 0 Å². The molecule has 0 aliphatic carbocycles. The standard InChI is InChI=1S/C16H17ClN2S/c1-3-11-4-7-13(8-5-11)19(2)15-9-6-12(16(18)20)10-14(15)17/h4-10H,3H2,1-2H3,(H2,18,20). The van der Waals surface area contributed by atoms with E-state index in [0.29, 0.717) is 10.0 Å². The lowest BCUT2D eigenvalue weighted by Gasteiger charge is -2.21. The van der Waals surface area contributed by atoms with Crippen LogP contribution in [0.4, 0.5) is 11.4 Å². The summed E-state index contributed by atoms with van der Waals surface area (Å²) >= 11 is 11.3. The van der Waals surface area contributed by atoms with Gasteiger partial charge in [-0.15, -0.1) is 0 Å². The Morgan fingerprint density at radius 1 is 1.20 bits per heavy atom. The number of benzene rings is 2. The van der Waals surface area contributed by atoms with Crippen LogP contribution in [0.1, 0.15) is 18.1 Å². The molecule has 2 rings (SSSR count). The van der Waals surface area contributed by atoms with Crippen molar-refractivity contribution in [2.75, 3.05) is 11.9 Å². The molecule has 0 atom stereocenters. The average Bonchev–Trinajstić information content (AvgIpc) is 2.46. The van der Waals surface area contributed by atoms with E-state index in [-0.39, 0.29) is 0 Å². The maximum Gasteiger partial charge on any atom is 0.104 e. The second-order valence-electron chi connectivity index (χ2n) is 4.61. The fourth-order valence-corrected chi connectivity index (χ4v) is 2.46. The number of aryl methyl sites for hydroxylation is 1. The van der Waals surface area contributed by atoms with Gasteiger partial charge in [-0.2, -0.15) is 0 Å². The normalized spacial score (nSPS) is 10.3. The van der Waals surface area contributed by atoms with Crippen molar-refractivity contribution in [2.24, 2.45) is 5.73 Å². The molecular weight excluding hydrogens is 288 g/mol. The van der Waals surface area contributed by atoms with Crippen molar-refractivity contribution in [3.8, 4) is 0 Å². The number of hydrogen-bond acceptors (Lipinski definition) is 2. The Labute approximate surface area is 130 Å². The van der Waals surface area contributed by atoms with E-state index in [1.807, 2.05) is 24.1 Å². The van der Waals surface area contributed by atoms with Gasteiger partial charge in [-0.25, -0.2) is 0 Å². The van der Waals surface area contributed by atoms with Crippen molar-refractivity contribution in [1.29, 1.82) is 0 Å². The zero-order valence-corrected chi connectivity index (χ0v) is 13.1. The third-order valence-corrected chi connectivity index (χ3v) is 3.86. The summed E-state index contributed by atoms with van der Waals surface area (Å²) in [7, 11) is 1.99. The summed E-state index contributed by atoms with van der Waals surface area (Å²) < 4.78 is 0. The van der Waals surface area contributed by atoms with Crippen LogP contribution in [0.5, 0.6) is 0 Å². The zero-order valence-electron chi connectivity index (χ0n) is 11.6. The van der Waals surface area contributed by atoms with E-state index in [9.17, 15) is 0 Å². The lowest BCUT2D eigenvalue weighted by atomic mass is 10.1. The minimum atomic E-state index is 0.355. The average molecular weight is 305 g/mol. The number of nitrogens with zero attached hydrogens (tertiary/aromatic N) is 1. The third-order valence-electron chi connectivity index (χ3n) is 3.33. The maximum absolute atomic E-state index is 6.32. The molecule has 0 saturated carbocycles. The van der Waals surface area contributed by atoms with Crippen LogP contribution in [0.25, 0.3) is 0 Å². The van der Waals surface area contributed by atoms with E-state index in [2.05, 4.69) is 31.2 Å². The number of anilines is 2. The van der Waals surface area contributed by atoms with Crippen molar-refractivity contribution >= 4 is 40.2 Å². The van der Waals surface area contributed by atoms with Gasteiger partial charge in [-0.3, -0.25) is 0 Å². The first-order valence-electron chi connectivity index (χ1n) is 6.45. The monoisotopic (exact) mass is 304 g/mol. The minimum Gasteiger partial charge on any atom is -0.389 e. The number of hydrogen-bond donors (Lipinski definition) is 1. The van der Waals surface area contributed by atoms with Crippen LogP contribution < -0.4 is 10.6 Å². The molecule has 4 heteroatoms. The van der Waals surface area contributed by atoms with Gasteiger partial charge in [0.05, 0.1) is 10.7 Å². The molecule has 0 aliphatic rings. The number of halogens is 1.